The van der Waals surface area contributed by atoms with Crippen molar-refractivity contribution in [2.75, 3.05) is 36.1 Å². The number of rotatable bonds is 9. The number of barbiturate groups is 1. The molecule has 4 amide bonds. The predicted octanol–water partition coefficient (Wildman–Crippen LogP) is 7.80. The van der Waals surface area contributed by atoms with Crippen LogP contribution in [0.3, 0.4) is 0 Å². The summed E-state index contributed by atoms with van der Waals surface area (Å²) in [6.07, 6.45) is 4.97. The molecule has 248 valence electrons. The zero-order valence-corrected chi connectivity index (χ0v) is 29.3. The number of anilines is 2. The largest absolute Gasteiger partial charge is 0.490 e. The van der Waals surface area contributed by atoms with E-state index in [1.54, 1.807) is 12.1 Å². The first-order chi connectivity index (χ1) is 23.9. The molecule has 49 heavy (non-hydrogen) atoms. The smallest absolute Gasteiger partial charge is 0.335 e. The molecule has 4 aromatic rings. The van der Waals surface area contributed by atoms with Gasteiger partial charge in [-0.2, -0.15) is 0 Å². The van der Waals surface area contributed by atoms with E-state index in [1.165, 1.54) is 22.9 Å². The van der Waals surface area contributed by atoms with Crippen LogP contribution in [-0.4, -0.2) is 44.1 Å². The number of imide groups is 2. The van der Waals surface area contributed by atoms with Crippen molar-refractivity contribution in [1.29, 1.82) is 0 Å². The Kier molecular flexibility index (Phi) is 9.27. The lowest BCUT2D eigenvalue weighted by Crippen LogP contribution is -2.54. The number of halogens is 1. The van der Waals surface area contributed by atoms with E-state index in [4.69, 9.17) is 9.47 Å². The Labute approximate surface area is 299 Å². The zero-order valence-electron chi connectivity index (χ0n) is 27.2. The van der Waals surface area contributed by atoms with Gasteiger partial charge in [-0.05, 0) is 101 Å². The Hall–Kier alpha value is -4.90. The average molecular weight is 766 g/mol. The molecule has 0 radical (unpaired) electrons. The highest BCUT2D eigenvalue weighted by Crippen LogP contribution is 2.50. The van der Waals surface area contributed by atoms with E-state index in [2.05, 4.69) is 63.7 Å². The van der Waals surface area contributed by atoms with Gasteiger partial charge in [0.25, 0.3) is 11.8 Å². The van der Waals surface area contributed by atoms with Crippen molar-refractivity contribution in [2.45, 2.75) is 31.6 Å². The highest BCUT2D eigenvalue weighted by molar-refractivity contribution is 14.1. The Morgan fingerprint density at radius 1 is 0.878 bits per heavy atom. The van der Waals surface area contributed by atoms with Gasteiger partial charge in [0.2, 0.25) is 0 Å². The van der Waals surface area contributed by atoms with Crippen LogP contribution in [0.5, 0.6) is 11.5 Å². The topological polar surface area (TPSA) is 88.2 Å². The van der Waals surface area contributed by atoms with Crippen molar-refractivity contribution in [3.8, 4) is 11.5 Å². The molecular weight excluding hydrogens is 729 g/mol. The molecule has 2 atom stereocenters. The van der Waals surface area contributed by atoms with E-state index in [0.29, 0.717) is 36.0 Å². The first-order valence-corrected chi connectivity index (χ1v) is 17.6. The number of carbonyl (C=O) groups is 3. The summed E-state index contributed by atoms with van der Waals surface area (Å²) in [5.41, 5.74) is 6.58. The molecule has 0 spiro atoms. The van der Waals surface area contributed by atoms with E-state index < -0.39 is 17.8 Å². The summed E-state index contributed by atoms with van der Waals surface area (Å²) in [4.78, 5) is 44.7. The molecule has 0 saturated carbocycles. The van der Waals surface area contributed by atoms with Crippen LogP contribution in [0.25, 0.3) is 6.08 Å². The van der Waals surface area contributed by atoms with Crippen LogP contribution in [0, 0.1) is 3.57 Å². The van der Waals surface area contributed by atoms with Crippen molar-refractivity contribution in [3.63, 3.8) is 0 Å². The number of nitrogens with zero attached hydrogens (tertiary/aromatic N) is 2. The molecular formula is C40H36IN3O5. The van der Waals surface area contributed by atoms with Crippen molar-refractivity contribution in [3.05, 3.63) is 135 Å². The van der Waals surface area contributed by atoms with Crippen LogP contribution >= 0.6 is 22.6 Å². The number of ether oxygens (including phenoxy) is 2. The molecule has 1 fully saturated rings. The van der Waals surface area contributed by atoms with Crippen LogP contribution < -0.4 is 24.6 Å². The number of hydrogen-bond donors (Lipinski definition) is 1. The van der Waals surface area contributed by atoms with E-state index in [9.17, 15) is 14.4 Å². The minimum atomic E-state index is -0.770. The summed E-state index contributed by atoms with van der Waals surface area (Å²) in [7, 11) is 0. The number of urea groups is 1. The molecule has 3 heterocycles. The van der Waals surface area contributed by atoms with Crippen LogP contribution in [0.15, 0.2) is 103 Å². The second-order valence-electron chi connectivity index (χ2n) is 12.3. The molecule has 0 aliphatic carbocycles. The summed E-state index contributed by atoms with van der Waals surface area (Å²) in [6, 6.07) is 27.5. The summed E-state index contributed by atoms with van der Waals surface area (Å²) >= 11 is 2.14. The maximum atomic E-state index is 14.3. The molecule has 3 aliphatic heterocycles. The Bertz CT molecular complexity index is 1900. The van der Waals surface area contributed by atoms with Gasteiger partial charge in [-0.15, -0.1) is 0 Å². The number of carbonyl (C=O) groups excluding carboxylic acids is 3. The summed E-state index contributed by atoms with van der Waals surface area (Å²) in [6.45, 7) is 8.12. The molecule has 1 saturated heterocycles. The quantitative estimate of drug-likeness (QED) is 0.0811. The molecule has 0 aromatic heterocycles. The van der Waals surface area contributed by atoms with Gasteiger partial charge >= 0.3 is 6.03 Å². The van der Waals surface area contributed by atoms with E-state index in [1.807, 2.05) is 61.5 Å². The molecule has 0 bridgehead atoms. The van der Waals surface area contributed by atoms with Gasteiger partial charge in [0.15, 0.2) is 11.5 Å². The Balaban J connectivity index is 1.35. The molecule has 0 unspecified atom stereocenters. The third-order valence-corrected chi connectivity index (χ3v) is 10.1. The zero-order chi connectivity index (χ0) is 34.1. The monoisotopic (exact) mass is 765 g/mol. The highest BCUT2D eigenvalue weighted by atomic mass is 127. The molecule has 7 rings (SSSR count). The lowest BCUT2D eigenvalue weighted by atomic mass is 9.76. The summed E-state index contributed by atoms with van der Waals surface area (Å²) in [5.74, 6) is -0.226. The molecule has 4 aromatic carbocycles. The lowest BCUT2D eigenvalue weighted by molar-refractivity contribution is -0.122. The fraction of sp³-hybridized carbons (Fsp3) is 0.225. The Morgan fingerprint density at radius 3 is 2.06 bits per heavy atom. The van der Waals surface area contributed by atoms with E-state index >= 15 is 0 Å². The first kappa shape index (κ1) is 32.6. The second kappa shape index (κ2) is 13.9. The van der Waals surface area contributed by atoms with Crippen molar-refractivity contribution in [1.82, 2.24) is 5.32 Å². The van der Waals surface area contributed by atoms with E-state index in [0.717, 1.165) is 45.5 Å². The molecule has 1 N–H and O–H groups in total. The fourth-order valence-electron chi connectivity index (χ4n) is 7.24. The van der Waals surface area contributed by atoms with Crippen LogP contribution in [0.2, 0.25) is 0 Å². The van der Waals surface area contributed by atoms with Gasteiger partial charge < -0.3 is 14.4 Å². The van der Waals surface area contributed by atoms with Gasteiger partial charge in [-0.3, -0.25) is 14.9 Å². The van der Waals surface area contributed by atoms with Crippen LogP contribution in [0.1, 0.15) is 59.4 Å². The second-order valence-corrected chi connectivity index (χ2v) is 13.4. The first-order valence-electron chi connectivity index (χ1n) is 16.5. The number of nitrogens with one attached hydrogen (secondary N) is 1. The predicted molar refractivity (Wildman–Crippen MR) is 199 cm³/mol. The standard InChI is InChI=1S/C40H36IN3O5/c1-3-19-49-37-34(41)21-25(22-35(37)48-4-2)20-33-38(45)42-40(47)44(39(33)46)28-23-31-29(26-11-7-5-8-12-26)15-17-43-18-16-30(32(24-28)36(31)43)27-13-9-6-10-14-27/h3,5-14,20-24,29-30H,1,4,15-19H2,2H3,(H,42,45,47)/b33-20+/t29-,30-/m1/s1. The lowest BCUT2D eigenvalue weighted by Gasteiger charge is -2.44. The van der Waals surface area contributed by atoms with Crippen LogP contribution in [0.4, 0.5) is 16.2 Å². The highest BCUT2D eigenvalue weighted by Gasteiger charge is 2.40. The Morgan fingerprint density at radius 2 is 1.49 bits per heavy atom. The minimum absolute atomic E-state index is 0.0844. The van der Waals surface area contributed by atoms with Gasteiger partial charge in [0.05, 0.1) is 15.9 Å². The maximum Gasteiger partial charge on any atom is 0.335 e. The van der Waals surface area contributed by atoms with Crippen molar-refractivity contribution >= 4 is 57.9 Å². The molecule has 8 nitrogen and oxygen atoms in total. The van der Waals surface area contributed by atoms with Gasteiger partial charge in [-0.25, -0.2) is 9.69 Å². The number of benzene rings is 4. The number of amides is 4. The third kappa shape index (κ3) is 6.23. The van der Waals surface area contributed by atoms with Crippen molar-refractivity contribution < 1.29 is 23.9 Å². The van der Waals surface area contributed by atoms with Crippen LogP contribution in [-0.2, 0) is 9.59 Å². The summed E-state index contributed by atoms with van der Waals surface area (Å²) < 4.78 is 12.4. The fourth-order valence-corrected chi connectivity index (χ4v) is 8.02. The van der Waals surface area contributed by atoms with Gasteiger partial charge in [0, 0.05) is 30.6 Å². The van der Waals surface area contributed by atoms with E-state index in [-0.39, 0.29) is 17.4 Å². The third-order valence-electron chi connectivity index (χ3n) is 9.35. The number of hydrogen-bond acceptors (Lipinski definition) is 6. The summed E-state index contributed by atoms with van der Waals surface area (Å²) in [5, 5.41) is 2.43. The van der Waals surface area contributed by atoms with Gasteiger partial charge in [-0.1, -0.05) is 73.3 Å². The SMILES string of the molecule is C=CCOc1c(I)cc(/C=C2\C(=O)NC(=O)N(c3cc4c5c(c3)[C@@H](c3ccccc3)CCN5CC[C@@H]4c3ccccc3)C2=O)cc1OCC. The molecule has 9 heteroatoms. The molecule has 3 aliphatic rings. The normalized spacial score (nSPS) is 19.4. The minimum Gasteiger partial charge on any atom is -0.490 e. The van der Waals surface area contributed by atoms with Gasteiger partial charge in [0.1, 0.15) is 12.2 Å². The van der Waals surface area contributed by atoms with Crippen molar-refractivity contribution in [2.24, 2.45) is 0 Å². The maximum absolute atomic E-state index is 14.3. The average Bonchev–Trinajstić information content (AvgIpc) is 3.11.